The molecule has 3 fully saturated rings. The SMILES string of the molecule is Nc1c(Cl)cc(C[C@@H](CC(=O)N2CCC(N3Cc4ccsc4NC3=O)CC2)C(=O)N2CCC(C3CCNCC3)CC2)cc1C(F)(F)F. The van der Waals surface area contributed by atoms with Gasteiger partial charge >= 0.3 is 12.2 Å². The molecule has 6 rings (SSSR count). The second kappa shape index (κ2) is 14.2. The van der Waals surface area contributed by atoms with Gasteiger partial charge in [-0.2, -0.15) is 13.2 Å². The summed E-state index contributed by atoms with van der Waals surface area (Å²) in [5.41, 5.74) is 5.37. The van der Waals surface area contributed by atoms with Gasteiger partial charge < -0.3 is 25.8 Å². The summed E-state index contributed by atoms with van der Waals surface area (Å²) in [6.07, 6.45) is 0.330. The number of piperidine rings is 3. The average Bonchev–Trinajstić information content (AvgIpc) is 3.52. The maximum absolute atomic E-state index is 14.0. The number of carbonyl (C=O) groups is 3. The molecule has 0 aliphatic carbocycles. The molecule has 0 radical (unpaired) electrons. The Balaban J connectivity index is 1.13. The number of urea groups is 1. The number of nitrogens with two attached hydrogens (primary N) is 1. The van der Waals surface area contributed by atoms with Gasteiger partial charge in [0, 0.05) is 44.2 Å². The standard InChI is InChI=1S/C33H42ClF3N6O3S/c34-27-17-20(16-26(29(27)38)33(35,36)37)15-24(31(45)42-10-3-22(4-11-42)21-1-8-39-9-2-21)18-28(44)41-12-5-25(6-13-41)43-19-23-7-14-47-30(23)40-32(43)46/h7,14,16-17,21-22,24-25,39H,1-6,8-13,15,18-19,38H2,(H,40,46)/t24-/m0/s1. The molecule has 256 valence electrons. The number of nitrogens with zero attached hydrogens (tertiary/aromatic N) is 3. The predicted molar refractivity (Wildman–Crippen MR) is 176 cm³/mol. The van der Waals surface area contributed by atoms with Gasteiger partial charge in [-0.05, 0) is 99.0 Å². The second-order valence-corrected chi connectivity index (χ2v) is 14.7. The lowest BCUT2D eigenvalue weighted by atomic mass is 9.79. The minimum atomic E-state index is -4.71. The zero-order chi connectivity index (χ0) is 33.3. The average molecular weight is 695 g/mol. The zero-order valence-corrected chi connectivity index (χ0v) is 27.9. The van der Waals surface area contributed by atoms with Crippen LogP contribution in [0.15, 0.2) is 23.6 Å². The van der Waals surface area contributed by atoms with E-state index in [2.05, 4.69) is 10.6 Å². The number of thiophene rings is 1. The normalized spacial score (nSPS) is 21.0. The minimum Gasteiger partial charge on any atom is -0.397 e. The molecule has 2 aromatic rings. The van der Waals surface area contributed by atoms with Crippen molar-refractivity contribution in [1.82, 2.24) is 20.0 Å². The van der Waals surface area contributed by atoms with Gasteiger partial charge in [0.05, 0.1) is 28.7 Å². The van der Waals surface area contributed by atoms with Gasteiger partial charge in [0.1, 0.15) is 5.00 Å². The molecule has 1 atom stereocenters. The molecule has 1 aromatic carbocycles. The van der Waals surface area contributed by atoms with E-state index in [9.17, 15) is 27.6 Å². The summed E-state index contributed by atoms with van der Waals surface area (Å²) in [5, 5.41) is 8.94. The highest BCUT2D eigenvalue weighted by atomic mass is 35.5. The number of alkyl halides is 3. The lowest BCUT2D eigenvalue weighted by Crippen LogP contribution is -2.51. The monoisotopic (exact) mass is 694 g/mol. The van der Waals surface area contributed by atoms with Gasteiger partial charge in [0.25, 0.3) is 0 Å². The second-order valence-electron chi connectivity index (χ2n) is 13.3. The van der Waals surface area contributed by atoms with Gasteiger partial charge in [-0.3, -0.25) is 14.9 Å². The molecular formula is C33H42ClF3N6O3S. The third-order valence-corrected chi connectivity index (χ3v) is 11.7. The molecule has 3 saturated heterocycles. The third kappa shape index (κ3) is 7.67. The molecule has 4 aliphatic heterocycles. The first-order valence-corrected chi connectivity index (χ1v) is 17.8. The zero-order valence-electron chi connectivity index (χ0n) is 26.3. The molecule has 4 amide bonds. The number of fused-ring (bicyclic) bond motifs is 1. The molecule has 9 nitrogen and oxygen atoms in total. The minimum absolute atomic E-state index is 0.0246. The summed E-state index contributed by atoms with van der Waals surface area (Å²) in [5.74, 6) is -0.0977. The van der Waals surface area contributed by atoms with E-state index in [4.69, 9.17) is 17.3 Å². The molecule has 0 saturated carbocycles. The third-order valence-electron chi connectivity index (χ3n) is 10.5. The molecule has 4 N–H and O–H groups in total. The van der Waals surface area contributed by atoms with Gasteiger partial charge in [0.15, 0.2) is 0 Å². The van der Waals surface area contributed by atoms with Crippen molar-refractivity contribution in [2.24, 2.45) is 17.8 Å². The number of likely N-dealkylation sites (tertiary alicyclic amines) is 2. The molecule has 0 unspecified atom stereocenters. The molecule has 47 heavy (non-hydrogen) atoms. The lowest BCUT2D eigenvalue weighted by Gasteiger charge is -2.41. The number of nitrogen functional groups attached to an aromatic ring is 1. The summed E-state index contributed by atoms with van der Waals surface area (Å²) < 4.78 is 41.3. The van der Waals surface area contributed by atoms with E-state index in [0.29, 0.717) is 57.4 Å². The van der Waals surface area contributed by atoms with Crippen LogP contribution in [-0.4, -0.2) is 77.9 Å². The Kier molecular flexibility index (Phi) is 10.2. The Morgan fingerprint density at radius 3 is 2.34 bits per heavy atom. The highest BCUT2D eigenvalue weighted by Gasteiger charge is 2.38. The number of hydrogen-bond donors (Lipinski definition) is 3. The number of halogens is 4. The van der Waals surface area contributed by atoms with Gasteiger partial charge in [-0.15, -0.1) is 11.3 Å². The fourth-order valence-corrected chi connectivity index (χ4v) is 8.82. The molecule has 0 bridgehead atoms. The Hall–Kier alpha value is -3.03. The topological polar surface area (TPSA) is 111 Å². The maximum atomic E-state index is 14.0. The Morgan fingerprint density at radius 2 is 1.66 bits per heavy atom. The van der Waals surface area contributed by atoms with Crippen molar-refractivity contribution in [3.8, 4) is 0 Å². The first-order valence-electron chi connectivity index (χ1n) is 16.5. The first-order chi connectivity index (χ1) is 22.5. The molecule has 5 heterocycles. The maximum Gasteiger partial charge on any atom is 0.418 e. The van der Waals surface area contributed by atoms with Gasteiger partial charge in [0.2, 0.25) is 11.8 Å². The van der Waals surface area contributed by atoms with Crippen molar-refractivity contribution in [3.63, 3.8) is 0 Å². The van der Waals surface area contributed by atoms with Crippen LogP contribution in [0.25, 0.3) is 0 Å². The number of rotatable bonds is 7. The van der Waals surface area contributed by atoms with Crippen molar-refractivity contribution < 1.29 is 27.6 Å². The quantitative estimate of drug-likeness (QED) is 0.316. The predicted octanol–water partition coefficient (Wildman–Crippen LogP) is 5.83. The molecule has 14 heteroatoms. The number of anilines is 2. The van der Waals surface area contributed by atoms with Crippen LogP contribution in [0.1, 0.15) is 61.6 Å². The number of nitrogens with one attached hydrogen (secondary N) is 2. The van der Waals surface area contributed by atoms with Gasteiger partial charge in [-0.25, -0.2) is 4.79 Å². The fourth-order valence-electron chi connectivity index (χ4n) is 7.78. The Bertz CT molecular complexity index is 1470. The summed E-state index contributed by atoms with van der Waals surface area (Å²) in [6.45, 7) is 4.55. The van der Waals surface area contributed by atoms with Crippen molar-refractivity contribution >= 4 is 51.5 Å². The van der Waals surface area contributed by atoms with Crippen LogP contribution in [0.3, 0.4) is 0 Å². The van der Waals surface area contributed by atoms with Crippen LogP contribution in [0.2, 0.25) is 5.02 Å². The van der Waals surface area contributed by atoms with Crippen LogP contribution in [0, 0.1) is 17.8 Å². The summed E-state index contributed by atoms with van der Waals surface area (Å²) in [6, 6.07) is 4.16. The van der Waals surface area contributed by atoms with Crippen molar-refractivity contribution in [2.45, 2.75) is 70.1 Å². The molecule has 4 aliphatic rings. The van der Waals surface area contributed by atoms with Crippen LogP contribution >= 0.6 is 22.9 Å². The highest BCUT2D eigenvalue weighted by Crippen LogP contribution is 2.39. The van der Waals surface area contributed by atoms with Crippen molar-refractivity contribution in [2.75, 3.05) is 50.3 Å². The number of hydrogen-bond acceptors (Lipinski definition) is 6. The first kappa shape index (κ1) is 33.9. The summed E-state index contributed by atoms with van der Waals surface area (Å²) in [7, 11) is 0. The van der Waals surface area contributed by atoms with Crippen molar-refractivity contribution in [3.05, 3.63) is 45.3 Å². The molecule has 1 aromatic heterocycles. The Labute approximate surface area is 282 Å². The van der Waals surface area contributed by atoms with E-state index in [1.807, 2.05) is 16.3 Å². The van der Waals surface area contributed by atoms with E-state index >= 15 is 0 Å². The van der Waals surface area contributed by atoms with E-state index in [0.717, 1.165) is 55.4 Å². The molecule has 0 spiro atoms. The van der Waals surface area contributed by atoms with E-state index in [1.165, 1.54) is 17.4 Å². The summed E-state index contributed by atoms with van der Waals surface area (Å²) in [4.78, 5) is 45.8. The molecular weight excluding hydrogens is 653 g/mol. The number of carbonyl (C=O) groups excluding carboxylic acids is 3. The smallest absolute Gasteiger partial charge is 0.397 e. The number of benzene rings is 1. The van der Waals surface area contributed by atoms with E-state index < -0.39 is 23.3 Å². The van der Waals surface area contributed by atoms with E-state index in [1.54, 1.807) is 9.80 Å². The van der Waals surface area contributed by atoms with E-state index in [-0.39, 0.29) is 47.3 Å². The van der Waals surface area contributed by atoms with Gasteiger partial charge in [-0.1, -0.05) is 11.6 Å². The number of amides is 4. The van der Waals surface area contributed by atoms with Crippen molar-refractivity contribution in [1.29, 1.82) is 0 Å². The summed E-state index contributed by atoms with van der Waals surface area (Å²) >= 11 is 7.63. The van der Waals surface area contributed by atoms with Crippen LogP contribution in [0.5, 0.6) is 0 Å². The fraction of sp³-hybridized carbons (Fsp3) is 0.606. The van der Waals surface area contributed by atoms with Crippen LogP contribution in [-0.2, 0) is 28.7 Å². The Morgan fingerprint density at radius 1 is 1.00 bits per heavy atom. The lowest BCUT2D eigenvalue weighted by molar-refractivity contribution is -0.143. The largest absolute Gasteiger partial charge is 0.418 e. The highest BCUT2D eigenvalue weighted by molar-refractivity contribution is 7.14. The van der Waals surface area contributed by atoms with Crippen LogP contribution in [0.4, 0.5) is 28.7 Å². The van der Waals surface area contributed by atoms with Crippen LogP contribution < -0.4 is 16.4 Å².